The Morgan fingerprint density at radius 2 is 1.95 bits per heavy atom. The van der Waals surface area contributed by atoms with Gasteiger partial charge in [-0.3, -0.25) is 9.88 Å². The largest absolute Gasteiger partial charge is 0.286 e. The van der Waals surface area contributed by atoms with Crippen LogP contribution in [-0.4, -0.2) is 23.0 Å². The molecular formula is C16H18N2S. The van der Waals surface area contributed by atoms with Gasteiger partial charge in [0.15, 0.2) is 0 Å². The van der Waals surface area contributed by atoms with Crippen molar-refractivity contribution in [3.63, 3.8) is 0 Å². The molecule has 0 aliphatic carbocycles. The molecule has 0 radical (unpaired) electrons. The highest BCUT2D eigenvalue weighted by molar-refractivity contribution is 7.09. The molecule has 98 valence electrons. The van der Waals surface area contributed by atoms with Crippen LogP contribution in [0.2, 0.25) is 0 Å². The van der Waals surface area contributed by atoms with Crippen LogP contribution in [0.3, 0.4) is 0 Å². The van der Waals surface area contributed by atoms with Gasteiger partial charge < -0.3 is 0 Å². The van der Waals surface area contributed by atoms with E-state index in [-0.39, 0.29) is 6.04 Å². The molecule has 0 aliphatic heterocycles. The van der Waals surface area contributed by atoms with Crippen LogP contribution in [0.5, 0.6) is 0 Å². The molecule has 1 aromatic carbocycles. The molecule has 2 rings (SSSR count). The van der Waals surface area contributed by atoms with E-state index in [9.17, 15) is 0 Å². The Bertz CT molecular complexity index is 533. The first-order chi connectivity index (χ1) is 9.35. The van der Waals surface area contributed by atoms with Crippen LogP contribution in [0.25, 0.3) is 0 Å². The Morgan fingerprint density at radius 3 is 2.53 bits per heavy atom. The van der Waals surface area contributed by atoms with E-state index < -0.39 is 0 Å². The zero-order valence-corrected chi connectivity index (χ0v) is 12.2. The molecule has 0 N–H and O–H groups in total. The van der Waals surface area contributed by atoms with Gasteiger partial charge in [-0.1, -0.05) is 43.9 Å². The first kappa shape index (κ1) is 13.8. The summed E-state index contributed by atoms with van der Waals surface area (Å²) in [6, 6.07) is 10.3. The third kappa shape index (κ3) is 3.66. The van der Waals surface area contributed by atoms with Crippen molar-refractivity contribution in [2.24, 2.45) is 0 Å². The van der Waals surface area contributed by atoms with Crippen LogP contribution in [0.15, 0.2) is 42.0 Å². The molecule has 2 nitrogen and oxygen atoms in total. The monoisotopic (exact) mass is 270 g/mol. The normalized spacial score (nSPS) is 11.9. The fourth-order valence-electron chi connectivity index (χ4n) is 1.96. The molecule has 19 heavy (non-hydrogen) atoms. The van der Waals surface area contributed by atoms with Crippen molar-refractivity contribution < 1.29 is 0 Å². The number of hydrogen-bond donors (Lipinski definition) is 0. The number of thiazole rings is 1. The van der Waals surface area contributed by atoms with Crippen LogP contribution in [-0.2, 0) is 0 Å². The van der Waals surface area contributed by atoms with E-state index in [1.54, 1.807) is 11.3 Å². The summed E-state index contributed by atoms with van der Waals surface area (Å²) in [5.41, 5.74) is 2.93. The third-order valence-corrected chi connectivity index (χ3v) is 3.85. The summed E-state index contributed by atoms with van der Waals surface area (Å²) in [4.78, 5) is 7.74. The summed E-state index contributed by atoms with van der Waals surface area (Å²) in [6.07, 6.45) is 1.92. The number of aromatic nitrogens is 1. The predicted octanol–water partition coefficient (Wildman–Crippen LogP) is 3.58. The molecule has 1 heterocycles. The lowest BCUT2D eigenvalue weighted by Gasteiger charge is -2.24. The summed E-state index contributed by atoms with van der Waals surface area (Å²) >= 11 is 1.67. The van der Waals surface area contributed by atoms with Crippen LogP contribution < -0.4 is 0 Å². The van der Waals surface area contributed by atoms with Gasteiger partial charge in [0, 0.05) is 11.8 Å². The average molecular weight is 270 g/mol. The molecule has 2 aromatic rings. The molecule has 0 spiro atoms. The molecule has 0 saturated carbocycles. The second-order valence-electron chi connectivity index (χ2n) is 4.16. The number of nitrogens with zero attached hydrogens (tertiary/aromatic N) is 2. The van der Waals surface area contributed by atoms with E-state index in [4.69, 9.17) is 0 Å². The van der Waals surface area contributed by atoms with Gasteiger partial charge in [-0.25, -0.2) is 0 Å². The molecule has 0 amide bonds. The second kappa shape index (κ2) is 7.08. The van der Waals surface area contributed by atoms with Gasteiger partial charge in [0.25, 0.3) is 0 Å². The minimum atomic E-state index is 0.141. The Balaban J connectivity index is 2.27. The highest BCUT2D eigenvalue weighted by atomic mass is 32.1. The van der Waals surface area contributed by atoms with Crippen molar-refractivity contribution in [2.75, 3.05) is 13.1 Å². The Kier molecular flexibility index (Phi) is 5.14. The van der Waals surface area contributed by atoms with Gasteiger partial charge >= 0.3 is 0 Å². The lowest BCUT2D eigenvalue weighted by molar-refractivity contribution is 0.267. The third-order valence-electron chi connectivity index (χ3n) is 3.03. The van der Waals surface area contributed by atoms with Crippen molar-refractivity contribution in [1.82, 2.24) is 9.88 Å². The molecule has 3 heteroatoms. The van der Waals surface area contributed by atoms with E-state index in [0.717, 1.165) is 18.7 Å². The van der Waals surface area contributed by atoms with E-state index >= 15 is 0 Å². The van der Waals surface area contributed by atoms with Crippen molar-refractivity contribution in [3.05, 3.63) is 52.5 Å². The van der Waals surface area contributed by atoms with Gasteiger partial charge in [-0.2, -0.15) is 0 Å². The van der Waals surface area contributed by atoms with Gasteiger partial charge in [0.1, 0.15) is 6.04 Å². The molecule has 1 unspecified atom stereocenters. The highest BCUT2D eigenvalue weighted by Gasteiger charge is 2.16. The van der Waals surface area contributed by atoms with Crippen molar-refractivity contribution >= 4 is 11.3 Å². The second-order valence-corrected chi connectivity index (χ2v) is 5.08. The van der Waals surface area contributed by atoms with Gasteiger partial charge in [-0.15, -0.1) is 11.3 Å². The quantitative estimate of drug-likeness (QED) is 0.789. The van der Waals surface area contributed by atoms with Gasteiger partial charge in [-0.05, 0) is 25.2 Å². The fourth-order valence-corrected chi connectivity index (χ4v) is 2.67. The lowest BCUT2D eigenvalue weighted by Crippen LogP contribution is -2.27. The molecular weight excluding hydrogens is 252 g/mol. The summed E-state index contributed by atoms with van der Waals surface area (Å²) in [6.45, 7) is 6.31. The zero-order valence-electron chi connectivity index (χ0n) is 11.3. The van der Waals surface area contributed by atoms with Crippen LogP contribution in [0, 0.1) is 11.8 Å². The molecule has 0 bridgehead atoms. The Labute approximate surface area is 119 Å². The highest BCUT2D eigenvalue weighted by Crippen LogP contribution is 2.23. The summed E-state index contributed by atoms with van der Waals surface area (Å²) in [5, 5.41) is 0. The number of hydrogen-bond acceptors (Lipinski definition) is 3. The van der Waals surface area contributed by atoms with Crippen LogP contribution in [0.1, 0.15) is 30.3 Å². The maximum Gasteiger partial charge on any atom is 0.108 e. The molecule has 1 aromatic heterocycles. The standard InChI is InChI=1S/C16H18N2S/c1-3-18(4-2)15(16-12-17-13-19-16)11-10-14-8-6-5-7-9-14/h5-9,12-13,15H,3-4H2,1-2H3. The molecule has 0 fully saturated rings. The topological polar surface area (TPSA) is 16.1 Å². The van der Waals surface area contributed by atoms with Gasteiger partial charge in [0.2, 0.25) is 0 Å². The SMILES string of the molecule is CCN(CC)C(C#Cc1ccccc1)c1cncs1. The first-order valence-electron chi connectivity index (χ1n) is 6.54. The summed E-state index contributed by atoms with van der Waals surface area (Å²) in [5.74, 6) is 6.66. The van der Waals surface area contributed by atoms with Crippen LogP contribution >= 0.6 is 11.3 Å². The van der Waals surface area contributed by atoms with E-state index in [2.05, 4.69) is 35.6 Å². The maximum absolute atomic E-state index is 4.17. The van der Waals surface area contributed by atoms with E-state index in [0.29, 0.717) is 0 Å². The average Bonchev–Trinajstić information content (AvgIpc) is 2.98. The van der Waals surface area contributed by atoms with Crippen molar-refractivity contribution in [1.29, 1.82) is 0 Å². The van der Waals surface area contributed by atoms with E-state index in [1.165, 1.54) is 4.88 Å². The van der Waals surface area contributed by atoms with Crippen molar-refractivity contribution in [2.45, 2.75) is 19.9 Å². The Morgan fingerprint density at radius 1 is 1.21 bits per heavy atom. The minimum Gasteiger partial charge on any atom is -0.286 e. The Hall–Kier alpha value is -1.63. The molecule has 0 saturated heterocycles. The molecule has 0 aliphatic rings. The molecule has 1 atom stereocenters. The summed E-state index contributed by atoms with van der Waals surface area (Å²) < 4.78 is 0. The minimum absolute atomic E-state index is 0.141. The smallest absolute Gasteiger partial charge is 0.108 e. The number of rotatable bonds is 4. The first-order valence-corrected chi connectivity index (χ1v) is 7.42. The predicted molar refractivity (Wildman–Crippen MR) is 81.1 cm³/mol. The van der Waals surface area contributed by atoms with E-state index in [1.807, 2.05) is 42.0 Å². The summed E-state index contributed by atoms with van der Waals surface area (Å²) in [7, 11) is 0. The zero-order chi connectivity index (χ0) is 13.5. The fraction of sp³-hybridized carbons (Fsp3) is 0.312. The van der Waals surface area contributed by atoms with Crippen molar-refractivity contribution in [3.8, 4) is 11.8 Å². The van der Waals surface area contributed by atoms with Gasteiger partial charge in [0.05, 0.1) is 10.4 Å². The number of benzene rings is 1. The lowest BCUT2D eigenvalue weighted by atomic mass is 10.1. The van der Waals surface area contributed by atoms with Crippen LogP contribution in [0.4, 0.5) is 0 Å². The maximum atomic E-state index is 4.17.